The van der Waals surface area contributed by atoms with Gasteiger partial charge in [0.05, 0.1) is 24.0 Å². The quantitative estimate of drug-likeness (QED) is 0.0834. The zero-order valence-corrected chi connectivity index (χ0v) is 29.7. The first-order valence-corrected chi connectivity index (χ1v) is 18.4. The van der Waals surface area contributed by atoms with Crippen LogP contribution in [0.2, 0.25) is 0 Å². The summed E-state index contributed by atoms with van der Waals surface area (Å²) in [5, 5.41) is 12.2. The number of rotatable bonds is 12. The molecule has 13 heteroatoms. The molecule has 49 heavy (non-hydrogen) atoms. The van der Waals surface area contributed by atoms with Crippen molar-refractivity contribution in [3.8, 4) is 0 Å². The number of thiophene rings is 2. The lowest BCUT2D eigenvalue weighted by Crippen LogP contribution is -2.34. The minimum Gasteiger partial charge on any atom is -0.462 e. The molecule has 4 aromatic rings. The average Bonchev–Trinajstić information content (AvgIpc) is 3.74. The van der Waals surface area contributed by atoms with Crippen LogP contribution < -0.4 is 16.0 Å². The smallest absolute Gasteiger partial charge is 0.341 e. The summed E-state index contributed by atoms with van der Waals surface area (Å²) in [7, 11) is 0. The molecule has 3 N–H and O–H groups in total. The molecule has 5 rings (SSSR count). The Labute approximate surface area is 296 Å². The summed E-state index contributed by atoms with van der Waals surface area (Å²) in [6, 6.07) is 17.6. The molecule has 0 bridgehead atoms. The number of amides is 4. The van der Waals surface area contributed by atoms with Crippen molar-refractivity contribution in [2.24, 2.45) is 0 Å². The third-order valence-electron chi connectivity index (χ3n) is 7.63. The monoisotopic (exact) mass is 716 g/mol. The number of hydrogen-bond acceptors (Lipinski definition) is 9. The zero-order chi connectivity index (χ0) is 34.9. The number of benzene rings is 2. The molecule has 0 fully saturated rings. The number of ether oxygens (including phenoxy) is 1. The fourth-order valence-electron chi connectivity index (χ4n) is 5.17. The SMILES string of the molecule is CCOC(=O)c1c(NC(=O)C(CC)Sc2cccc(NC(=O)/C(=C/c3ccsc3)NC(=O)c3ccccc3)c2)sc2c1CCN(C(C)=O)C2. The number of carbonyl (C=O) groups excluding carboxylic acids is 5. The van der Waals surface area contributed by atoms with E-state index >= 15 is 0 Å². The molecule has 2 aromatic carbocycles. The van der Waals surface area contributed by atoms with Crippen LogP contribution in [0, 0.1) is 0 Å². The van der Waals surface area contributed by atoms with Crippen molar-refractivity contribution in [2.75, 3.05) is 23.8 Å². The molecule has 1 atom stereocenters. The Bertz CT molecular complexity index is 1870. The van der Waals surface area contributed by atoms with Gasteiger partial charge < -0.3 is 25.6 Å². The summed E-state index contributed by atoms with van der Waals surface area (Å²) in [5.41, 5.74) is 2.93. The summed E-state index contributed by atoms with van der Waals surface area (Å²) >= 11 is 4.10. The summed E-state index contributed by atoms with van der Waals surface area (Å²) < 4.78 is 5.34. The molecule has 4 amide bonds. The van der Waals surface area contributed by atoms with Gasteiger partial charge in [0.1, 0.15) is 10.7 Å². The second-order valence-corrected chi connectivity index (χ2v) is 14.2. The molecule has 3 heterocycles. The van der Waals surface area contributed by atoms with Crippen LogP contribution in [0.1, 0.15) is 63.9 Å². The van der Waals surface area contributed by atoms with Gasteiger partial charge in [0.2, 0.25) is 11.8 Å². The lowest BCUT2D eigenvalue weighted by atomic mass is 10.0. The van der Waals surface area contributed by atoms with E-state index in [2.05, 4.69) is 16.0 Å². The number of nitrogens with zero attached hydrogens (tertiary/aromatic N) is 1. The number of fused-ring (bicyclic) bond motifs is 1. The first-order valence-electron chi connectivity index (χ1n) is 15.7. The van der Waals surface area contributed by atoms with Crippen LogP contribution in [0.25, 0.3) is 6.08 Å². The van der Waals surface area contributed by atoms with Crippen LogP contribution in [0.5, 0.6) is 0 Å². The summed E-state index contributed by atoms with van der Waals surface area (Å²) in [5.74, 6) is -1.73. The zero-order valence-electron chi connectivity index (χ0n) is 27.2. The maximum absolute atomic E-state index is 13.6. The molecule has 0 spiro atoms. The van der Waals surface area contributed by atoms with Gasteiger partial charge in [-0.1, -0.05) is 31.2 Å². The van der Waals surface area contributed by atoms with Crippen LogP contribution in [-0.2, 0) is 32.1 Å². The van der Waals surface area contributed by atoms with Gasteiger partial charge >= 0.3 is 5.97 Å². The lowest BCUT2D eigenvalue weighted by molar-refractivity contribution is -0.129. The minimum atomic E-state index is -0.520. The van der Waals surface area contributed by atoms with E-state index < -0.39 is 23.0 Å². The van der Waals surface area contributed by atoms with Crippen molar-refractivity contribution < 1.29 is 28.7 Å². The van der Waals surface area contributed by atoms with Crippen LogP contribution in [0.15, 0.2) is 82.0 Å². The van der Waals surface area contributed by atoms with Gasteiger partial charge in [-0.3, -0.25) is 19.2 Å². The molecule has 1 aliphatic rings. The Hall–Kier alpha value is -4.72. The molecule has 0 aliphatic carbocycles. The molecule has 1 aliphatic heterocycles. The highest BCUT2D eigenvalue weighted by molar-refractivity contribution is 8.00. The van der Waals surface area contributed by atoms with Crippen LogP contribution >= 0.6 is 34.4 Å². The fourth-order valence-corrected chi connectivity index (χ4v) is 8.06. The Morgan fingerprint density at radius 3 is 2.51 bits per heavy atom. The number of anilines is 2. The standard InChI is InChI=1S/C36H36N4O6S3/c1-4-29(34(44)39-35-31(36(45)46-5-2)27-14-16-40(22(3)41)20-30(27)49-35)48-26-13-9-12-25(19-26)37-33(43)28(18-23-15-17-47-21-23)38-32(42)24-10-7-6-8-11-24/h6-13,15,17-19,21,29H,4-5,14,16,20H2,1-3H3,(H,37,43)(H,38,42)(H,39,44)/b28-18-. The minimum absolute atomic E-state index is 0.0465. The molecule has 2 aromatic heterocycles. The van der Waals surface area contributed by atoms with Crippen LogP contribution in [0.3, 0.4) is 0 Å². The van der Waals surface area contributed by atoms with Gasteiger partial charge in [-0.2, -0.15) is 11.3 Å². The predicted octanol–water partition coefficient (Wildman–Crippen LogP) is 6.81. The largest absolute Gasteiger partial charge is 0.462 e. The molecule has 1 unspecified atom stereocenters. The van der Waals surface area contributed by atoms with Crippen molar-refractivity contribution in [1.29, 1.82) is 0 Å². The highest BCUT2D eigenvalue weighted by Gasteiger charge is 2.31. The highest BCUT2D eigenvalue weighted by atomic mass is 32.2. The van der Waals surface area contributed by atoms with E-state index in [9.17, 15) is 24.0 Å². The van der Waals surface area contributed by atoms with Crippen molar-refractivity contribution >= 4 is 80.8 Å². The number of hydrogen-bond donors (Lipinski definition) is 3. The molecule has 254 valence electrons. The summed E-state index contributed by atoms with van der Waals surface area (Å²) in [6.45, 7) is 6.21. The van der Waals surface area contributed by atoms with Crippen molar-refractivity contribution in [1.82, 2.24) is 10.2 Å². The molecule has 10 nitrogen and oxygen atoms in total. The van der Waals surface area contributed by atoms with Crippen LogP contribution in [0.4, 0.5) is 10.7 Å². The van der Waals surface area contributed by atoms with Gasteiger partial charge in [-0.25, -0.2) is 4.79 Å². The number of nitrogens with one attached hydrogen (secondary N) is 3. The fraction of sp³-hybridized carbons (Fsp3) is 0.250. The number of esters is 1. The van der Waals surface area contributed by atoms with Crippen LogP contribution in [-0.4, -0.2) is 52.9 Å². The van der Waals surface area contributed by atoms with E-state index in [-0.39, 0.29) is 24.1 Å². The molecule has 0 saturated heterocycles. The van der Waals surface area contributed by atoms with Gasteiger partial charge in [-0.15, -0.1) is 23.1 Å². The van der Waals surface area contributed by atoms with E-state index in [0.29, 0.717) is 47.7 Å². The van der Waals surface area contributed by atoms with Crippen molar-refractivity contribution in [3.05, 3.63) is 104 Å². The highest BCUT2D eigenvalue weighted by Crippen LogP contribution is 2.39. The summed E-state index contributed by atoms with van der Waals surface area (Å²) in [4.78, 5) is 68.4. The van der Waals surface area contributed by atoms with E-state index in [1.807, 2.05) is 35.9 Å². The number of thioether (sulfide) groups is 1. The normalized spacial score (nSPS) is 13.2. The Morgan fingerprint density at radius 1 is 1.02 bits per heavy atom. The van der Waals surface area contributed by atoms with Crippen molar-refractivity contribution in [2.45, 2.75) is 50.3 Å². The van der Waals surface area contributed by atoms with E-state index in [0.717, 1.165) is 20.9 Å². The second-order valence-electron chi connectivity index (χ2n) is 11.0. The van der Waals surface area contributed by atoms with E-state index in [1.54, 1.807) is 60.4 Å². The maximum Gasteiger partial charge on any atom is 0.341 e. The van der Waals surface area contributed by atoms with E-state index in [4.69, 9.17) is 4.74 Å². The maximum atomic E-state index is 13.6. The Kier molecular flexibility index (Phi) is 12.1. The van der Waals surface area contributed by atoms with Gasteiger partial charge in [0.25, 0.3) is 11.8 Å². The van der Waals surface area contributed by atoms with Gasteiger partial charge in [0.15, 0.2) is 0 Å². The molecule has 0 radical (unpaired) electrons. The lowest BCUT2D eigenvalue weighted by Gasteiger charge is -2.25. The molecular formula is C36H36N4O6S3. The third kappa shape index (κ3) is 9.05. The summed E-state index contributed by atoms with van der Waals surface area (Å²) in [6.07, 6.45) is 2.61. The molecular weight excluding hydrogens is 681 g/mol. The first kappa shape index (κ1) is 35.6. The molecule has 0 saturated carbocycles. The predicted molar refractivity (Wildman–Crippen MR) is 195 cm³/mol. The first-order chi connectivity index (χ1) is 23.7. The second kappa shape index (κ2) is 16.6. The van der Waals surface area contributed by atoms with E-state index in [1.165, 1.54) is 41.4 Å². The van der Waals surface area contributed by atoms with Crippen molar-refractivity contribution in [3.63, 3.8) is 0 Å². The Balaban J connectivity index is 1.30. The topological polar surface area (TPSA) is 134 Å². The number of carbonyl (C=O) groups is 5. The Morgan fingerprint density at radius 2 is 1.82 bits per heavy atom. The average molecular weight is 717 g/mol. The third-order valence-corrected chi connectivity index (χ3v) is 10.8. The van der Waals surface area contributed by atoms with Gasteiger partial charge in [-0.05, 0) is 84.1 Å². The van der Waals surface area contributed by atoms with Gasteiger partial charge in [0, 0.05) is 34.5 Å².